The van der Waals surface area contributed by atoms with Crippen LogP contribution in [-0.4, -0.2) is 30.7 Å². The highest BCUT2D eigenvalue weighted by atomic mass is 16.1. The molecule has 0 bridgehead atoms. The molecule has 0 atom stereocenters. The first kappa shape index (κ1) is 18.9. The molecule has 0 unspecified atom stereocenters. The summed E-state index contributed by atoms with van der Waals surface area (Å²) in [6.07, 6.45) is 8.42. The van der Waals surface area contributed by atoms with Crippen LogP contribution < -0.4 is 15.8 Å². The number of piperidine rings is 1. The predicted molar refractivity (Wildman–Crippen MR) is 124 cm³/mol. The van der Waals surface area contributed by atoms with Crippen LogP contribution in [0.15, 0.2) is 77.7 Å². The fourth-order valence-electron chi connectivity index (χ4n) is 4.61. The third-order valence-corrected chi connectivity index (χ3v) is 6.42. The van der Waals surface area contributed by atoms with Gasteiger partial charge >= 0.3 is 0 Å². The smallest absolute Gasteiger partial charge is 0.255 e. The van der Waals surface area contributed by atoms with Crippen LogP contribution in [0.5, 0.6) is 0 Å². The molecule has 2 fully saturated rings. The Balaban J connectivity index is 1.28. The van der Waals surface area contributed by atoms with Gasteiger partial charge in [-0.1, -0.05) is 42.5 Å². The monoisotopic (exact) mass is 397 g/mol. The molecule has 30 heavy (non-hydrogen) atoms. The normalized spacial score (nSPS) is 17.9. The third-order valence-electron chi connectivity index (χ3n) is 6.42. The number of pyridine rings is 1. The Bertz CT molecular complexity index is 1090. The van der Waals surface area contributed by atoms with Gasteiger partial charge in [-0.3, -0.25) is 9.36 Å². The molecule has 1 spiro atoms. The molecule has 1 aromatic heterocycles. The van der Waals surface area contributed by atoms with Crippen LogP contribution in [0.2, 0.25) is 0 Å². The summed E-state index contributed by atoms with van der Waals surface area (Å²) in [6.45, 7) is 4.59. The first-order valence-corrected chi connectivity index (χ1v) is 10.7. The van der Waals surface area contributed by atoms with E-state index in [1.807, 2.05) is 66.9 Å². The average molecular weight is 398 g/mol. The van der Waals surface area contributed by atoms with Crippen molar-refractivity contribution in [1.29, 1.82) is 0 Å². The van der Waals surface area contributed by atoms with E-state index < -0.39 is 0 Å². The van der Waals surface area contributed by atoms with Gasteiger partial charge in [-0.15, -0.1) is 0 Å². The highest BCUT2D eigenvalue weighted by Crippen LogP contribution is 2.41. The number of rotatable bonds is 4. The molecule has 0 aliphatic carbocycles. The van der Waals surface area contributed by atoms with Crippen molar-refractivity contribution in [3.05, 3.63) is 94.4 Å². The number of benzene rings is 2. The molecule has 2 saturated heterocycles. The summed E-state index contributed by atoms with van der Waals surface area (Å²) in [5.41, 5.74) is 4.68. The zero-order chi connectivity index (χ0) is 20.4. The van der Waals surface area contributed by atoms with Crippen molar-refractivity contribution in [3.63, 3.8) is 0 Å². The van der Waals surface area contributed by atoms with E-state index in [2.05, 4.69) is 22.3 Å². The van der Waals surface area contributed by atoms with Gasteiger partial charge in [0.1, 0.15) is 0 Å². The summed E-state index contributed by atoms with van der Waals surface area (Å²) in [6, 6.07) is 22.1. The molecule has 0 amide bonds. The molecule has 0 saturated carbocycles. The Hall–Kier alpha value is -3.11. The van der Waals surface area contributed by atoms with Gasteiger partial charge in [0, 0.05) is 42.1 Å². The van der Waals surface area contributed by atoms with Crippen molar-refractivity contribution >= 4 is 17.8 Å². The minimum absolute atomic E-state index is 0.0180. The first-order chi connectivity index (χ1) is 14.7. The van der Waals surface area contributed by atoms with Crippen LogP contribution in [0.1, 0.15) is 24.0 Å². The molecule has 2 aliphatic heterocycles. The van der Waals surface area contributed by atoms with Crippen LogP contribution in [-0.2, 0) is 0 Å². The van der Waals surface area contributed by atoms with Gasteiger partial charge in [-0.25, -0.2) is 0 Å². The fraction of sp³-hybridized carbons (Fsp3) is 0.269. The summed E-state index contributed by atoms with van der Waals surface area (Å²) >= 11 is 0. The molecule has 2 aliphatic rings. The zero-order valence-corrected chi connectivity index (χ0v) is 17.1. The molecule has 4 nitrogen and oxygen atoms in total. The maximum Gasteiger partial charge on any atom is 0.255 e. The molecular weight excluding hydrogens is 370 g/mol. The summed E-state index contributed by atoms with van der Waals surface area (Å²) in [5, 5.41) is 3.46. The zero-order valence-electron chi connectivity index (χ0n) is 17.1. The minimum atomic E-state index is -0.0180. The third kappa shape index (κ3) is 3.83. The number of hydrogen-bond donors (Lipinski definition) is 1. The van der Waals surface area contributed by atoms with Crippen molar-refractivity contribution in [3.8, 4) is 5.69 Å². The second-order valence-electron chi connectivity index (χ2n) is 8.53. The molecule has 3 aromatic rings. The Morgan fingerprint density at radius 3 is 2.17 bits per heavy atom. The van der Waals surface area contributed by atoms with Gasteiger partial charge < -0.3 is 10.2 Å². The van der Waals surface area contributed by atoms with Gasteiger partial charge in [0.2, 0.25) is 0 Å². The minimum Gasteiger partial charge on any atom is -0.370 e. The van der Waals surface area contributed by atoms with Crippen LogP contribution in [0.25, 0.3) is 17.8 Å². The lowest BCUT2D eigenvalue weighted by molar-refractivity contribution is 0.150. The van der Waals surface area contributed by atoms with Crippen LogP contribution in [0.3, 0.4) is 0 Å². The lowest BCUT2D eigenvalue weighted by atomic mass is 9.72. The Kier molecular flexibility index (Phi) is 5.01. The van der Waals surface area contributed by atoms with Gasteiger partial charge in [-0.05, 0) is 67.4 Å². The van der Waals surface area contributed by atoms with E-state index in [9.17, 15) is 4.79 Å². The Labute approximate surface area is 177 Å². The molecule has 2 aromatic carbocycles. The number of nitrogens with one attached hydrogen (secondary N) is 1. The van der Waals surface area contributed by atoms with Gasteiger partial charge in [0.15, 0.2) is 0 Å². The summed E-state index contributed by atoms with van der Waals surface area (Å²) in [7, 11) is 0. The van der Waals surface area contributed by atoms with Crippen molar-refractivity contribution in [2.24, 2.45) is 5.41 Å². The molecule has 0 radical (unpaired) electrons. The Morgan fingerprint density at radius 2 is 1.47 bits per heavy atom. The van der Waals surface area contributed by atoms with E-state index >= 15 is 0 Å². The number of anilines is 1. The standard InChI is InChI=1S/C26H27N3O/c30-25-18-22(7-6-21-4-2-1-3-5-21)12-17-29(25)24-10-8-23(9-11-24)28-19-26(20-28)13-15-27-16-14-26/h1-12,17-18,27H,13-16,19-20H2. The largest absolute Gasteiger partial charge is 0.370 e. The van der Waals surface area contributed by atoms with E-state index in [0.29, 0.717) is 5.41 Å². The highest BCUT2D eigenvalue weighted by Gasteiger charge is 2.43. The van der Waals surface area contributed by atoms with E-state index in [4.69, 9.17) is 0 Å². The van der Waals surface area contributed by atoms with E-state index in [1.165, 1.54) is 18.5 Å². The molecular formula is C26H27N3O. The predicted octanol–water partition coefficient (Wildman–Crippen LogP) is 4.20. The van der Waals surface area contributed by atoms with Gasteiger partial charge in [0.25, 0.3) is 5.56 Å². The van der Waals surface area contributed by atoms with E-state index in [1.54, 1.807) is 10.6 Å². The maximum absolute atomic E-state index is 12.7. The van der Waals surface area contributed by atoms with Crippen molar-refractivity contribution in [2.75, 3.05) is 31.1 Å². The lowest BCUT2D eigenvalue weighted by Crippen LogP contribution is -2.60. The van der Waals surface area contributed by atoms with Crippen LogP contribution in [0.4, 0.5) is 5.69 Å². The molecule has 3 heterocycles. The second-order valence-corrected chi connectivity index (χ2v) is 8.53. The van der Waals surface area contributed by atoms with Crippen LogP contribution >= 0.6 is 0 Å². The van der Waals surface area contributed by atoms with Crippen molar-refractivity contribution < 1.29 is 0 Å². The van der Waals surface area contributed by atoms with Gasteiger partial charge in [0.05, 0.1) is 0 Å². The molecule has 5 rings (SSSR count). The number of nitrogens with zero attached hydrogens (tertiary/aromatic N) is 2. The summed E-state index contributed by atoms with van der Waals surface area (Å²) in [5.74, 6) is 0. The number of aromatic nitrogens is 1. The van der Waals surface area contributed by atoms with Crippen LogP contribution in [0, 0.1) is 5.41 Å². The highest BCUT2D eigenvalue weighted by molar-refractivity contribution is 5.69. The number of hydrogen-bond acceptors (Lipinski definition) is 3. The quantitative estimate of drug-likeness (QED) is 0.717. The second kappa shape index (κ2) is 7.96. The molecule has 4 heteroatoms. The lowest BCUT2D eigenvalue weighted by Gasteiger charge is -2.53. The van der Waals surface area contributed by atoms with E-state index in [-0.39, 0.29) is 5.56 Å². The molecule has 152 valence electrons. The topological polar surface area (TPSA) is 37.3 Å². The van der Waals surface area contributed by atoms with Crippen molar-refractivity contribution in [1.82, 2.24) is 9.88 Å². The molecule has 1 N–H and O–H groups in total. The average Bonchev–Trinajstić information content (AvgIpc) is 2.78. The first-order valence-electron chi connectivity index (χ1n) is 10.7. The summed E-state index contributed by atoms with van der Waals surface area (Å²) < 4.78 is 1.70. The summed E-state index contributed by atoms with van der Waals surface area (Å²) in [4.78, 5) is 15.1. The SMILES string of the molecule is O=c1cc(C=Cc2ccccc2)ccn1-c1ccc(N2CC3(CCNCC3)C2)cc1. The maximum atomic E-state index is 12.7. The van der Waals surface area contributed by atoms with E-state index in [0.717, 1.165) is 43.0 Å². The van der Waals surface area contributed by atoms with Gasteiger partial charge in [-0.2, -0.15) is 0 Å². The fourth-order valence-corrected chi connectivity index (χ4v) is 4.61. The van der Waals surface area contributed by atoms with Crippen molar-refractivity contribution in [2.45, 2.75) is 12.8 Å². The Morgan fingerprint density at radius 1 is 0.800 bits per heavy atom.